The third kappa shape index (κ3) is 3.24. The number of alkyl halides is 1. The normalized spacial score (nSPS) is 18.9. The lowest BCUT2D eigenvalue weighted by atomic mass is 9.89. The van der Waals surface area contributed by atoms with E-state index in [0.717, 1.165) is 16.3 Å². The quantitative estimate of drug-likeness (QED) is 0.653. The fourth-order valence-corrected chi connectivity index (χ4v) is 3.53. The predicted molar refractivity (Wildman–Crippen MR) is 74.6 cm³/mol. The Morgan fingerprint density at radius 3 is 2.69 bits per heavy atom. The van der Waals surface area contributed by atoms with Gasteiger partial charge < -0.3 is 0 Å². The molecule has 16 heavy (non-hydrogen) atoms. The second-order valence-electron chi connectivity index (χ2n) is 4.79. The summed E-state index contributed by atoms with van der Waals surface area (Å²) >= 11 is 9.69. The fraction of sp³-hybridized carbons (Fsp3) is 0.571. The van der Waals surface area contributed by atoms with E-state index in [1.54, 1.807) is 0 Å². The van der Waals surface area contributed by atoms with Crippen LogP contribution in [0.3, 0.4) is 0 Å². The molecule has 0 heterocycles. The van der Waals surface area contributed by atoms with Gasteiger partial charge in [0.15, 0.2) is 0 Å². The molecular weight excluding hydrogens is 284 g/mol. The highest BCUT2D eigenvalue weighted by atomic mass is 79.9. The summed E-state index contributed by atoms with van der Waals surface area (Å²) in [5, 5.41) is 1.90. The zero-order valence-corrected chi connectivity index (χ0v) is 11.8. The van der Waals surface area contributed by atoms with Crippen LogP contribution in [0.2, 0.25) is 5.02 Å². The van der Waals surface area contributed by atoms with Gasteiger partial charge in [0, 0.05) is 10.4 Å². The van der Waals surface area contributed by atoms with E-state index in [1.165, 1.54) is 37.7 Å². The minimum absolute atomic E-state index is 0.627. The van der Waals surface area contributed by atoms with Crippen LogP contribution in [-0.2, 0) is 0 Å². The first-order chi connectivity index (χ1) is 7.79. The van der Waals surface area contributed by atoms with Gasteiger partial charge in [0.05, 0.1) is 0 Å². The van der Waals surface area contributed by atoms with Crippen molar-refractivity contribution >= 4 is 27.5 Å². The summed E-state index contributed by atoms with van der Waals surface area (Å²) in [7, 11) is 0. The fourth-order valence-electron chi connectivity index (χ4n) is 2.70. The van der Waals surface area contributed by atoms with E-state index in [4.69, 9.17) is 11.6 Å². The maximum Gasteiger partial charge on any atom is 0.0408 e. The molecule has 1 aromatic carbocycles. The largest absolute Gasteiger partial charge is 0.0921 e. The monoisotopic (exact) mass is 300 g/mol. The Labute approximate surface area is 112 Å². The molecule has 0 nitrogen and oxygen atoms in total. The molecule has 0 aromatic heterocycles. The molecule has 1 saturated carbocycles. The Morgan fingerprint density at radius 2 is 2.06 bits per heavy atom. The molecule has 88 valence electrons. The van der Waals surface area contributed by atoms with Gasteiger partial charge in [0.25, 0.3) is 0 Å². The molecule has 2 heteroatoms. The first-order valence-corrected chi connectivity index (χ1v) is 7.61. The molecule has 0 amide bonds. The van der Waals surface area contributed by atoms with Crippen molar-refractivity contribution in [1.82, 2.24) is 0 Å². The number of hydrogen-bond acceptors (Lipinski definition) is 0. The average Bonchev–Trinajstić information content (AvgIpc) is 2.78. The summed E-state index contributed by atoms with van der Waals surface area (Å²) in [4.78, 5) is 0. The molecule has 1 aliphatic rings. The Bertz CT molecular complexity index is 331. The summed E-state index contributed by atoms with van der Waals surface area (Å²) < 4.78 is 0. The van der Waals surface area contributed by atoms with Crippen LogP contribution in [0.4, 0.5) is 0 Å². The SMILES string of the molecule is Clc1cccc(C(CBr)CC2CCCC2)c1. The Morgan fingerprint density at radius 1 is 1.31 bits per heavy atom. The van der Waals surface area contributed by atoms with Gasteiger partial charge in [0.1, 0.15) is 0 Å². The van der Waals surface area contributed by atoms with E-state index < -0.39 is 0 Å². The highest BCUT2D eigenvalue weighted by Gasteiger charge is 2.20. The minimum atomic E-state index is 0.627. The van der Waals surface area contributed by atoms with Crippen LogP contribution in [0.5, 0.6) is 0 Å². The molecule has 1 unspecified atom stereocenters. The van der Waals surface area contributed by atoms with Crippen molar-refractivity contribution in [3.63, 3.8) is 0 Å². The van der Waals surface area contributed by atoms with E-state index >= 15 is 0 Å². The Balaban J connectivity index is 2.03. The lowest BCUT2D eigenvalue weighted by molar-refractivity contribution is 0.464. The third-order valence-electron chi connectivity index (χ3n) is 3.60. The molecule has 1 aromatic rings. The van der Waals surface area contributed by atoms with Crippen LogP contribution in [-0.4, -0.2) is 5.33 Å². The second kappa shape index (κ2) is 6.07. The van der Waals surface area contributed by atoms with Crippen molar-refractivity contribution in [2.24, 2.45) is 5.92 Å². The molecule has 0 aliphatic heterocycles. The maximum atomic E-state index is 6.05. The van der Waals surface area contributed by atoms with E-state index in [0.29, 0.717) is 5.92 Å². The molecule has 0 bridgehead atoms. The molecule has 1 atom stereocenters. The topological polar surface area (TPSA) is 0 Å². The van der Waals surface area contributed by atoms with Gasteiger partial charge in [-0.05, 0) is 36.0 Å². The van der Waals surface area contributed by atoms with Crippen molar-refractivity contribution in [3.8, 4) is 0 Å². The minimum Gasteiger partial charge on any atom is -0.0921 e. The summed E-state index contributed by atoms with van der Waals surface area (Å²) in [5.74, 6) is 1.56. The van der Waals surface area contributed by atoms with Crippen molar-refractivity contribution in [3.05, 3.63) is 34.9 Å². The van der Waals surface area contributed by atoms with Crippen LogP contribution in [0, 0.1) is 5.92 Å². The van der Waals surface area contributed by atoms with Gasteiger partial charge in [-0.1, -0.05) is 65.3 Å². The van der Waals surface area contributed by atoms with Crippen LogP contribution < -0.4 is 0 Å². The smallest absolute Gasteiger partial charge is 0.0408 e. The maximum absolute atomic E-state index is 6.05. The molecule has 1 fully saturated rings. The second-order valence-corrected chi connectivity index (χ2v) is 5.88. The first-order valence-electron chi connectivity index (χ1n) is 6.11. The van der Waals surface area contributed by atoms with Crippen LogP contribution in [0.1, 0.15) is 43.6 Å². The van der Waals surface area contributed by atoms with Gasteiger partial charge in [0.2, 0.25) is 0 Å². The van der Waals surface area contributed by atoms with E-state index in [-0.39, 0.29) is 0 Å². The van der Waals surface area contributed by atoms with Gasteiger partial charge in [-0.25, -0.2) is 0 Å². The Kier molecular flexibility index (Phi) is 4.72. The first kappa shape index (κ1) is 12.4. The number of hydrogen-bond donors (Lipinski definition) is 0. The standard InChI is InChI=1S/C14H18BrCl/c15-10-13(8-11-4-1-2-5-11)12-6-3-7-14(16)9-12/h3,6-7,9,11,13H,1-2,4-5,8,10H2. The highest BCUT2D eigenvalue weighted by Crippen LogP contribution is 2.35. The summed E-state index contributed by atoms with van der Waals surface area (Å²) in [6.45, 7) is 0. The van der Waals surface area contributed by atoms with Gasteiger partial charge in [-0.3, -0.25) is 0 Å². The average molecular weight is 302 g/mol. The van der Waals surface area contributed by atoms with E-state index in [2.05, 4.69) is 34.1 Å². The van der Waals surface area contributed by atoms with Crippen molar-refractivity contribution < 1.29 is 0 Å². The van der Waals surface area contributed by atoms with Crippen molar-refractivity contribution in [2.75, 3.05) is 5.33 Å². The predicted octanol–water partition coefficient (Wildman–Crippen LogP) is 5.40. The summed E-state index contributed by atoms with van der Waals surface area (Å²) in [6.07, 6.45) is 7.00. The molecule has 0 radical (unpaired) electrons. The number of rotatable bonds is 4. The lowest BCUT2D eigenvalue weighted by Gasteiger charge is -2.19. The molecule has 0 saturated heterocycles. The molecular formula is C14H18BrCl. The Hall–Kier alpha value is -0.0100. The molecule has 1 aliphatic carbocycles. The molecule has 0 N–H and O–H groups in total. The van der Waals surface area contributed by atoms with Gasteiger partial charge >= 0.3 is 0 Å². The van der Waals surface area contributed by atoms with Gasteiger partial charge in [-0.2, -0.15) is 0 Å². The summed E-state index contributed by atoms with van der Waals surface area (Å²) in [5.41, 5.74) is 1.39. The van der Waals surface area contributed by atoms with Crippen molar-refractivity contribution in [1.29, 1.82) is 0 Å². The highest BCUT2D eigenvalue weighted by molar-refractivity contribution is 9.09. The zero-order valence-electron chi connectivity index (χ0n) is 9.46. The van der Waals surface area contributed by atoms with E-state index in [1.807, 2.05) is 6.07 Å². The molecule has 2 rings (SSSR count). The van der Waals surface area contributed by atoms with Gasteiger partial charge in [-0.15, -0.1) is 0 Å². The summed E-state index contributed by atoms with van der Waals surface area (Å²) in [6, 6.07) is 8.32. The number of halogens is 2. The lowest BCUT2D eigenvalue weighted by Crippen LogP contribution is -2.06. The third-order valence-corrected chi connectivity index (χ3v) is 4.62. The van der Waals surface area contributed by atoms with Crippen LogP contribution in [0.15, 0.2) is 24.3 Å². The zero-order chi connectivity index (χ0) is 11.4. The molecule has 0 spiro atoms. The van der Waals surface area contributed by atoms with Crippen molar-refractivity contribution in [2.45, 2.75) is 38.0 Å². The van der Waals surface area contributed by atoms with Crippen LogP contribution >= 0.6 is 27.5 Å². The number of benzene rings is 1. The van der Waals surface area contributed by atoms with Crippen LogP contribution in [0.25, 0.3) is 0 Å². The van der Waals surface area contributed by atoms with E-state index in [9.17, 15) is 0 Å².